The Morgan fingerprint density at radius 2 is 0.939 bits per heavy atom. The van der Waals surface area contributed by atoms with Crippen LogP contribution in [0.2, 0.25) is 5.15 Å². The van der Waals surface area contributed by atoms with E-state index in [1.165, 1.54) is 23.5 Å². The predicted molar refractivity (Wildman–Crippen MR) is 398 cm³/mol. The number of carbonyl (C=O) groups is 8. The number of carboxylic acid groups (broad SMARTS) is 3. The van der Waals surface area contributed by atoms with Gasteiger partial charge in [-0.15, -0.1) is 0 Å². The third kappa shape index (κ3) is 16.9. The van der Waals surface area contributed by atoms with Crippen LogP contribution in [0, 0.1) is 41.9 Å². The summed E-state index contributed by atoms with van der Waals surface area (Å²) in [6.07, 6.45) is 7.61. The number of amides is 4. The van der Waals surface area contributed by atoms with Crippen molar-refractivity contribution in [2.45, 2.75) is 101 Å². The zero-order chi connectivity index (χ0) is 81.9. The number of carboxylic acids is 3. The second kappa shape index (κ2) is 33.5. The molecule has 0 spiro atoms. The minimum atomic E-state index is -4.64. The fourth-order valence-electron chi connectivity index (χ4n) is 13.9. The van der Waals surface area contributed by atoms with E-state index >= 15 is 4.39 Å². The molecule has 3 saturated heterocycles. The summed E-state index contributed by atoms with van der Waals surface area (Å²) in [5.74, 6) is -7.76. The van der Waals surface area contributed by atoms with Crippen LogP contribution >= 0.6 is 11.6 Å². The number of carbonyl (C=O) groups excluding carboxylic acids is 5. The van der Waals surface area contributed by atoms with Gasteiger partial charge in [0, 0.05) is 81.6 Å². The number of nitrogens with one attached hydrogen (secondary N) is 1. The largest absolute Gasteiger partial charge is 0.477 e. The van der Waals surface area contributed by atoms with E-state index in [-0.39, 0.29) is 117 Å². The Bertz CT molecular complexity index is 5770. The van der Waals surface area contributed by atoms with Crippen LogP contribution in [0.25, 0.3) is 42.8 Å². The number of anilines is 2. The van der Waals surface area contributed by atoms with E-state index in [0.29, 0.717) is 83.8 Å². The number of rotatable bonds is 13. The van der Waals surface area contributed by atoms with Crippen molar-refractivity contribution in [2.75, 3.05) is 68.7 Å². The molecule has 29 nitrogen and oxygen atoms in total. The van der Waals surface area contributed by atoms with Gasteiger partial charge in [0.1, 0.15) is 33.6 Å². The number of nitriles is 1. The molecular formula is C78H66ClF6N15O14. The van der Waals surface area contributed by atoms with Crippen molar-refractivity contribution in [3.05, 3.63) is 234 Å². The number of aldehydes is 1. The molecule has 114 heavy (non-hydrogen) atoms. The van der Waals surface area contributed by atoms with Gasteiger partial charge in [0.2, 0.25) is 22.6 Å². The number of imide groups is 2. The highest BCUT2D eigenvalue weighted by molar-refractivity contribution is 6.30. The number of hydrogen-bond acceptors (Lipinski definition) is 19. The third-order valence-electron chi connectivity index (χ3n) is 20.0. The summed E-state index contributed by atoms with van der Waals surface area (Å²) in [5, 5.41) is 39.9. The molecule has 5 aliphatic heterocycles. The summed E-state index contributed by atoms with van der Waals surface area (Å²) >= 11 is 5.62. The molecule has 0 unspecified atom stereocenters. The minimum Gasteiger partial charge on any atom is -0.477 e. The quantitative estimate of drug-likeness (QED) is 0.0179. The molecule has 6 fully saturated rings. The monoisotopic (exact) mass is 1590 g/mol. The maximum Gasteiger partial charge on any atom is 0.446 e. The number of hydrogen-bond donors (Lipinski definition) is 5. The van der Waals surface area contributed by atoms with Gasteiger partial charge in [0.15, 0.2) is 45.6 Å². The molecule has 0 radical (unpaired) electrons. The molecule has 16 rings (SSSR count). The van der Waals surface area contributed by atoms with Crippen molar-refractivity contribution >= 4 is 104 Å². The highest BCUT2D eigenvalue weighted by atomic mass is 35.5. The highest BCUT2D eigenvalue weighted by Gasteiger charge is 2.39. The van der Waals surface area contributed by atoms with E-state index in [4.69, 9.17) is 40.4 Å². The maximum atomic E-state index is 15.4. The predicted octanol–water partition coefficient (Wildman–Crippen LogP) is 10.4. The molecule has 8 aliphatic rings. The molecule has 586 valence electrons. The Labute approximate surface area is 646 Å². The van der Waals surface area contributed by atoms with Crippen LogP contribution in [0.15, 0.2) is 133 Å². The fourth-order valence-corrected chi connectivity index (χ4v) is 14.0. The topological polar surface area (TPSA) is 385 Å². The van der Waals surface area contributed by atoms with Crippen molar-refractivity contribution in [2.24, 2.45) is 5.73 Å². The summed E-state index contributed by atoms with van der Waals surface area (Å²) in [6, 6.07) is 18.7. The lowest BCUT2D eigenvalue weighted by Gasteiger charge is -2.31. The van der Waals surface area contributed by atoms with E-state index in [1.54, 1.807) is 72.0 Å². The maximum absolute atomic E-state index is 15.4. The smallest absolute Gasteiger partial charge is 0.446 e. The highest BCUT2D eigenvalue weighted by Crippen LogP contribution is 2.41. The standard InChI is InChI=1S/C28H22FN5O5.C20H20FN5O3.C16H15N3O2.C12H8ClFN2O3.C2HF3O/c1-30-22(14-34-26(36)17-6-2-3-7-18(17)27(34)37)15-5-4-10-32(12-15)25-21(29)11-19-23(35)20(28(38)39)13-33(16-8-9-16)24(19)31-25;1-23-16(8-22)11-3-2-6-25(9-11)19-15(21)7-13-17(27)14(20(28)29)10-26(12-4-5-12)18(13)24-19;17-8-12(11-4-3-7-18-9-11)10-19-15(20)13-5-1-2-6-14(13)16(19)21;13-10-8(14)3-6-9(17)7(12(18)19)4-16(5-1-2-5)11(6)15-10;3-2(4,5)1-6/h2-3,6-7,11,13,16H,4-5,8-10,12,14H2,(H,38,39);7,10,12H,2-6,8-9,22H2,(H,28,29);1-2,5-6,18H,3-4,7,9-10H2;3-5H,1-2H2,(H,18,19);1H/b22-15+;16-11+;12-11-;;. The van der Waals surface area contributed by atoms with E-state index in [9.17, 15) is 85.4 Å². The van der Waals surface area contributed by atoms with Gasteiger partial charge >= 0.3 is 24.1 Å². The first-order valence-corrected chi connectivity index (χ1v) is 36.1. The molecule has 6 N–H and O–H groups in total. The van der Waals surface area contributed by atoms with Crippen LogP contribution < -0.4 is 37.1 Å². The van der Waals surface area contributed by atoms with Gasteiger partial charge in [0.25, 0.3) is 23.6 Å². The third-order valence-corrected chi connectivity index (χ3v) is 20.3. The van der Waals surface area contributed by atoms with E-state index in [2.05, 4.69) is 36.0 Å². The van der Waals surface area contributed by atoms with Crippen LogP contribution in [0.5, 0.6) is 0 Å². The van der Waals surface area contributed by atoms with Crippen molar-refractivity contribution in [1.29, 1.82) is 5.26 Å². The molecule has 11 heterocycles. The Balaban J connectivity index is 0.000000142. The number of alkyl halides is 3. The van der Waals surface area contributed by atoms with E-state index < -0.39 is 81.5 Å². The lowest BCUT2D eigenvalue weighted by atomic mass is 10.0. The summed E-state index contributed by atoms with van der Waals surface area (Å²) in [4.78, 5) is 156. The summed E-state index contributed by atoms with van der Waals surface area (Å²) < 4.78 is 79.9. The molecule has 0 bridgehead atoms. The first-order chi connectivity index (χ1) is 54.5. The molecule has 0 atom stereocenters. The Morgan fingerprint density at radius 3 is 1.27 bits per heavy atom. The van der Waals surface area contributed by atoms with Crippen molar-refractivity contribution < 1.29 is 80.0 Å². The number of nitrogens with two attached hydrogens (primary N) is 1. The first kappa shape index (κ1) is 80.5. The van der Waals surface area contributed by atoms with Crippen molar-refractivity contribution in [1.82, 2.24) is 43.8 Å². The summed E-state index contributed by atoms with van der Waals surface area (Å²) in [5.41, 5.74) is 8.17. The number of piperidine rings is 3. The Morgan fingerprint density at radius 1 is 0.579 bits per heavy atom. The number of nitrogens with zero attached hydrogens (tertiary/aromatic N) is 13. The average Bonchev–Trinajstić information content (AvgIpc) is 1.31. The lowest BCUT2D eigenvalue weighted by Crippen LogP contribution is -2.36. The Kier molecular flexibility index (Phi) is 23.6. The number of aromatic nitrogens is 6. The molecular weight excluding hydrogens is 1520 g/mol. The van der Waals surface area contributed by atoms with Gasteiger partial charge in [-0.25, -0.2) is 52.2 Å². The molecule has 3 saturated carbocycles. The van der Waals surface area contributed by atoms with Crippen LogP contribution in [-0.4, -0.2) is 167 Å². The zero-order valence-electron chi connectivity index (χ0n) is 60.1. The van der Waals surface area contributed by atoms with Crippen LogP contribution in [-0.2, 0) is 4.79 Å². The van der Waals surface area contributed by atoms with Crippen molar-refractivity contribution in [3.8, 4) is 6.07 Å². The van der Waals surface area contributed by atoms with Gasteiger partial charge in [0.05, 0.1) is 70.7 Å². The lowest BCUT2D eigenvalue weighted by molar-refractivity contribution is -0.156. The van der Waals surface area contributed by atoms with Gasteiger partial charge < -0.3 is 49.9 Å². The van der Waals surface area contributed by atoms with Crippen LogP contribution in [0.3, 0.4) is 0 Å². The van der Waals surface area contributed by atoms with Crippen LogP contribution in [0.1, 0.15) is 168 Å². The number of fused-ring (bicyclic) bond motifs is 5. The zero-order valence-corrected chi connectivity index (χ0v) is 60.9. The van der Waals surface area contributed by atoms with E-state index in [0.717, 1.165) is 105 Å². The number of halogens is 7. The summed E-state index contributed by atoms with van der Waals surface area (Å²) in [6.45, 7) is 18.2. The van der Waals surface area contributed by atoms with Crippen molar-refractivity contribution in [3.63, 3.8) is 0 Å². The van der Waals surface area contributed by atoms with Gasteiger partial charge in [-0.05, 0) is 143 Å². The van der Waals surface area contributed by atoms with Gasteiger partial charge in [-0.1, -0.05) is 35.9 Å². The van der Waals surface area contributed by atoms with Gasteiger partial charge in [-0.3, -0.25) is 48.2 Å². The number of aromatic carboxylic acids is 3. The Hall–Kier alpha value is -13.0. The second-order valence-corrected chi connectivity index (χ2v) is 28.0. The number of pyridine rings is 6. The minimum absolute atomic E-state index is 0.00151. The first-order valence-electron chi connectivity index (χ1n) is 35.7. The SMILES string of the molecule is N#C/C(CN1C(=O)c2ccccc2C1=O)=C1\CCCNC1.O=C(O)c1cn(C2CC2)c2nc(Cl)c(F)cc2c1=O.O=CC(F)(F)F.[C-]#[N+]/C(CN)=C1\CCCN(c2nc3c(cc2F)c(=O)c(C(=O)O)cn3C2CC2)C1.[C-]#[N+]/C(CN1C(=O)c2ccccc2C1=O)=C1\CCCN(c2nc3c(cc2F)c(=O)c(C(=O)O)cn3C2CC2)C1. The van der Waals surface area contributed by atoms with Crippen LogP contribution in [0.4, 0.5) is 38.0 Å². The molecule has 8 aromatic rings. The number of benzene rings is 2. The second-order valence-electron chi connectivity index (χ2n) is 27.6. The van der Waals surface area contributed by atoms with Gasteiger partial charge in [-0.2, -0.15) is 18.4 Å². The molecule has 36 heteroatoms. The fraction of sp³-hybridized carbons (Fsp3) is 0.321. The molecule has 6 aromatic heterocycles. The van der Waals surface area contributed by atoms with E-state index in [1.807, 2.05) is 0 Å². The molecule has 4 amide bonds. The summed E-state index contributed by atoms with van der Waals surface area (Å²) in [7, 11) is 0. The normalized spacial score (nSPS) is 17.8. The average molecular weight is 1590 g/mol. The molecule has 2 aromatic carbocycles. The molecule has 3 aliphatic carbocycles.